The number of carbonyl (C=O) groups excluding carboxylic acids is 2. The molecular weight excluding hydrogens is 719 g/mol. The Kier molecular flexibility index (Phi) is 11.0. The number of ether oxygens (including phenoxy) is 2. The van der Waals surface area contributed by atoms with Crippen LogP contribution < -0.4 is 0 Å². The van der Waals surface area contributed by atoms with E-state index in [4.69, 9.17) is 9.47 Å². The van der Waals surface area contributed by atoms with E-state index in [1.165, 1.54) is 10.5 Å². The van der Waals surface area contributed by atoms with Crippen LogP contribution in [0.4, 0.5) is 4.79 Å². The highest BCUT2D eigenvalue weighted by molar-refractivity contribution is 5.90. The summed E-state index contributed by atoms with van der Waals surface area (Å²) in [6.45, 7) is 28.0. The number of allylic oxidation sites excluding steroid dienone is 1. The summed E-state index contributed by atoms with van der Waals surface area (Å²) >= 11 is 0. The van der Waals surface area contributed by atoms with Crippen LogP contribution in [0.25, 0.3) is 0 Å². The molecule has 2 N–H and O–H groups in total. The minimum absolute atomic E-state index is 0.0117. The highest BCUT2D eigenvalue weighted by atomic mass is 16.6. The molecule has 0 aromatic carbocycles. The Bertz CT molecular complexity index is 1790. The molecule has 0 spiro atoms. The number of fused-ring (bicyclic) bond motifs is 7. The van der Waals surface area contributed by atoms with Crippen molar-refractivity contribution in [3.8, 4) is 11.8 Å². The van der Waals surface area contributed by atoms with Crippen LogP contribution in [0.1, 0.15) is 153 Å². The summed E-state index contributed by atoms with van der Waals surface area (Å²) < 4.78 is 11.8. The summed E-state index contributed by atoms with van der Waals surface area (Å²) in [5, 5.41) is 19.9. The number of esters is 1. The van der Waals surface area contributed by atoms with Gasteiger partial charge in [0.05, 0.1) is 24.0 Å². The van der Waals surface area contributed by atoms with Gasteiger partial charge in [0.15, 0.2) is 0 Å². The summed E-state index contributed by atoms with van der Waals surface area (Å²) in [5.74, 6) is 6.97. The highest BCUT2D eigenvalue weighted by Gasteiger charge is 2.71. The Hall–Kier alpha value is -3.28. The third-order valence-corrected chi connectivity index (χ3v) is 17.2. The first kappa shape index (κ1) is 43.3. The molecule has 9 heteroatoms. The first-order valence-electron chi connectivity index (χ1n) is 21.8. The van der Waals surface area contributed by atoms with Crippen molar-refractivity contribution in [3.05, 3.63) is 23.3 Å². The number of carbonyl (C=O) groups is 4. The fourth-order valence-corrected chi connectivity index (χ4v) is 14.0. The Balaban J connectivity index is 1.27. The van der Waals surface area contributed by atoms with Gasteiger partial charge in [0.1, 0.15) is 11.7 Å². The van der Waals surface area contributed by atoms with E-state index >= 15 is 0 Å². The SMILES string of the molecule is C=C(C)[C@@H]1CCC2(C#CC3=C(C(=O)O)CN(C(=O)OC(C)(C)C)CC3)CC[C@]3(C)C(CCC4C3(C)CCC3C(C)(C)[C@@H](OC(=O)CC(C)(C)C(=O)O)CC[C@@]34C)C12. The molecule has 6 aliphatic rings. The Labute approximate surface area is 342 Å². The molecule has 1 heterocycles. The van der Waals surface area contributed by atoms with Gasteiger partial charge in [0, 0.05) is 22.9 Å². The Morgan fingerprint density at radius 3 is 2.16 bits per heavy atom. The van der Waals surface area contributed by atoms with Crippen LogP contribution in [0.2, 0.25) is 0 Å². The second kappa shape index (κ2) is 14.5. The predicted molar refractivity (Wildman–Crippen MR) is 220 cm³/mol. The molecule has 5 fully saturated rings. The lowest BCUT2D eigenvalue weighted by Crippen LogP contribution is -2.66. The number of amides is 1. The maximum Gasteiger partial charge on any atom is 0.410 e. The first-order valence-corrected chi connectivity index (χ1v) is 21.8. The van der Waals surface area contributed by atoms with Gasteiger partial charge in [-0.05, 0) is 158 Å². The molecule has 10 atom stereocenters. The zero-order chi connectivity index (χ0) is 42.3. The number of rotatable bonds is 6. The minimum atomic E-state index is -1.17. The number of hydrogen-bond acceptors (Lipinski definition) is 6. The van der Waals surface area contributed by atoms with Crippen molar-refractivity contribution < 1.29 is 38.9 Å². The molecule has 0 aromatic rings. The van der Waals surface area contributed by atoms with Crippen LogP contribution in [0.3, 0.4) is 0 Å². The van der Waals surface area contributed by atoms with E-state index in [1.54, 1.807) is 13.8 Å². The number of hydrogen-bond donors (Lipinski definition) is 2. The lowest BCUT2D eigenvalue weighted by Gasteiger charge is -2.72. The monoisotopic (exact) mass is 790 g/mol. The molecule has 57 heavy (non-hydrogen) atoms. The molecule has 6 unspecified atom stereocenters. The number of carboxylic acid groups (broad SMARTS) is 2. The standard InChI is InChI=1S/C48H71NO8/c1-29(2)31-16-23-48(22-15-30-19-26-49(28-32(30)39(51)52)41(55)57-42(3,4)5)25-24-46(11)33(38(31)48)13-14-35-45(10)20-18-36(56-37(50)27-43(6,7)40(53)54)44(8,9)34(45)17-21-47(35,46)12/h31,33-36,38H,1,13-14,16-21,23-28H2,2-12H3,(H,51,52)(H,53,54)/t31-,33?,34?,35?,36-,38?,45-,46+,47?,48?/m0/s1. The number of nitrogens with zero attached hydrogens (tertiary/aromatic N) is 1. The average molecular weight is 790 g/mol. The molecule has 0 saturated heterocycles. The molecule has 0 bridgehead atoms. The van der Waals surface area contributed by atoms with Crippen molar-refractivity contribution in [2.24, 2.45) is 62.1 Å². The summed E-state index contributed by atoms with van der Waals surface area (Å²) in [6, 6.07) is 0. The molecule has 5 aliphatic carbocycles. The second-order valence-electron chi connectivity index (χ2n) is 22.2. The molecule has 316 valence electrons. The molecule has 6 rings (SSSR count). The molecular formula is C48H71NO8. The van der Waals surface area contributed by atoms with E-state index in [2.05, 4.69) is 60.0 Å². The van der Waals surface area contributed by atoms with Crippen molar-refractivity contribution in [2.45, 2.75) is 165 Å². The summed E-state index contributed by atoms with van der Waals surface area (Å²) in [5.41, 5.74) is 0.0602. The maximum atomic E-state index is 13.1. The van der Waals surface area contributed by atoms with Crippen molar-refractivity contribution in [1.29, 1.82) is 0 Å². The largest absolute Gasteiger partial charge is 0.481 e. The normalized spacial score (nSPS) is 38.6. The van der Waals surface area contributed by atoms with Gasteiger partial charge in [-0.2, -0.15) is 0 Å². The lowest BCUT2D eigenvalue weighted by atomic mass is 9.32. The van der Waals surface area contributed by atoms with Crippen molar-refractivity contribution in [2.75, 3.05) is 13.1 Å². The molecule has 0 radical (unpaired) electrons. The van der Waals surface area contributed by atoms with Gasteiger partial charge in [0.2, 0.25) is 0 Å². The molecule has 5 saturated carbocycles. The van der Waals surface area contributed by atoms with E-state index < -0.39 is 35.0 Å². The van der Waals surface area contributed by atoms with Crippen molar-refractivity contribution in [3.63, 3.8) is 0 Å². The van der Waals surface area contributed by atoms with Crippen molar-refractivity contribution >= 4 is 24.0 Å². The Morgan fingerprint density at radius 1 is 0.860 bits per heavy atom. The van der Waals surface area contributed by atoms with Gasteiger partial charge in [-0.25, -0.2) is 9.59 Å². The van der Waals surface area contributed by atoms with Crippen LogP contribution in [-0.4, -0.2) is 63.9 Å². The van der Waals surface area contributed by atoms with Crippen molar-refractivity contribution in [1.82, 2.24) is 4.90 Å². The third kappa shape index (κ3) is 7.26. The van der Waals surface area contributed by atoms with Gasteiger partial charge >= 0.3 is 24.0 Å². The molecule has 9 nitrogen and oxygen atoms in total. The predicted octanol–water partition coefficient (Wildman–Crippen LogP) is 10.1. The van der Waals surface area contributed by atoms with Gasteiger partial charge in [-0.15, -0.1) is 0 Å². The van der Waals surface area contributed by atoms with Crippen LogP contribution in [0.5, 0.6) is 0 Å². The third-order valence-electron chi connectivity index (χ3n) is 17.2. The topological polar surface area (TPSA) is 130 Å². The average Bonchev–Trinajstić information content (AvgIpc) is 3.48. The number of aliphatic carboxylic acids is 2. The van der Waals surface area contributed by atoms with E-state index in [0.717, 1.165) is 64.2 Å². The van der Waals surface area contributed by atoms with Crippen LogP contribution in [0.15, 0.2) is 23.3 Å². The molecule has 1 aliphatic heterocycles. The molecule has 0 aromatic heterocycles. The van der Waals surface area contributed by atoms with Crippen LogP contribution in [-0.2, 0) is 23.9 Å². The summed E-state index contributed by atoms with van der Waals surface area (Å²) in [6.07, 6.45) is 9.88. The first-order chi connectivity index (χ1) is 26.2. The quantitative estimate of drug-likeness (QED) is 0.155. The van der Waals surface area contributed by atoms with Gasteiger partial charge in [-0.3, -0.25) is 9.59 Å². The van der Waals surface area contributed by atoms with E-state index in [1.807, 2.05) is 20.8 Å². The Morgan fingerprint density at radius 2 is 1.54 bits per heavy atom. The van der Waals surface area contributed by atoms with E-state index in [0.29, 0.717) is 48.1 Å². The van der Waals surface area contributed by atoms with Gasteiger partial charge in [0.25, 0.3) is 0 Å². The number of carboxylic acids is 2. The van der Waals surface area contributed by atoms with E-state index in [-0.39, 0.29) is 51.7 Å². The van der Waals surface area contributed by atoms with E-state index in [9.17, 15) is 29.4 Å². The maximum absolute atomic E-state index is 13.1. The smallest absolute Gasteiger partial charge is 0.410 e. The second-order valence-corrected chi connectivity index (χ2v) is 22.2. The summed E-state index contributed by atoms with van der Waals surface area (Å²) in [4.78, 5) is 51.9. The van der Waals surface area contributed by atoms with Gasteiger partial charge < -0.3 is 24.6 Å². The summed E-state index contributed by atoms with van der Waals surface area (Å²) in [7, 11) is 0. The minimum Gasteiger partial charge on any atom is -0.481 e. The van der Waals surface area contributed by atoms with Crippen LogP contribution in [0, 0.1) is 73.9 Å². The zero-order valence-corrected chi connectivity index (χ0v) is 36.9. The fourth-order valence-electron chi connectivity index (χ4n) is 14.0. The lowest BCUT2D eigenvalue weighted by molar-refractivity contribution is -0.247. The molecule has 1 amide bonds. The zero-order valence-electron chi connectivity index (χ0n) is 36.9. The van der Waals surface area contributed by atoms with Gasteiger partial charge in [-0.1, -0.05) is 58.6 Å². The highest BCUT2D eigenvalue weighted by Crippen LogP contribution is 2.77. The fraction of sp³-hybridized carbons (Fsp3) is 0.792. The van der Waals surface area contributed by atoms with Crippen LogP contribution >= 0.6 is 0 Å².